The number of aryl methyl sites for hydroxylation is 2. The van der Waals surface area contributed by atoms with Crippen molar-refractivity contribution in [2.24, 2.45) is 0 Å². The monoisotopic (exact) mass is 468 g/mol. The highest BCUT2D eigenvalue weighted by Gasteiger charge is 2.35. The highest BCUT2D eigenvalue weighted by molar-refractivity contribution is 6.31. The summed E-state index contributed by atoms with van der Waals surface area (Å²) in [5.74, 6) is -1.27. The van der Waals surface area contributed by atoms with Gasteiger partial charge < -0.3 is 10.2 Å². The van der Waals surface area contributed by atoms with Gasteiger partial charge in [-0.05, 0) is 38.3 Å². The van der Waals surface area contributed by atoms with Gasteiger partial charge in [-0.2, -0.15) is 18.3 Å². The minimum atomic E-state index is -4.50. The second-order valence-corrected chi connectivity index (χ2v) is 8.15. The van der Waals surface area contributed by atoms with Crippen molar-refractivity contribution in [2.75, 3.05) is 13.1 Å². The number of carbonyl (C=O) groups is 2. The molecule has 1 atom stereocenters. The van der Waals surface area contributed by atoms with Crippen LogP contribution in [0.25, 0.3) is 6.08 Å². The number of amides is 2. The topological polar surface area (TPSA) is 67.2 Å². The van der Waals surface area contributed by atoms with Crippen LogP contribution in [0.5, 0.6) is 0 Å². The lowest BCUT2D eigenvalue weighted by Gasteiger charge is -2.23. The van der Waals surface area contributed by atoms with Crippen molar-refractivity contribution in [3.8, 4) is 0 Å². The van der Waals surface area contributed by atoms with Gasteiger partial charge >= 0.3 is 6.18 Å². The van der Waals surface area contributed by atoms with Crippen molar-refractivity contribution >= 4 is 29.5 Å². The van der Waals surface area contributed by atoms with E-state index in [2.05, 4.69) is 5.10 Å². The summed E-state index contributed by atoms with van der Waals surface area (Å²) in [7, 11) is 0. The number of hydrogen-bond donors (Lipinski definition) is 1. The first-order valence-electron chi connectivity index (χ1n) is 10.2. The quantitative estimate of drug-likeness (QED) is 0.654. The summed E-state index contributed by atoms with van der Waals surface area (Å²) in [6.45, 7) is 3.11. The molecule has 1 unspecified atom stereocenters. The fourth-order valence-electron chi connectivity index (χ4n) is 3.59. The van der Waals surface area contributed by atoms with Crippen molar-refractivity contribution in [2.45, 2.75) is 45.5 Å². The lowest BCUT2D eigenvalue weighted by atomic mass is 10.1. The van der Waals surface area contributed by atoms with Gasteiger partial charge in [0.25, 0.3) is 0 Å². The maximum Gasteiger partial charge on any atom is 0.405 e. The van der Waals surface area contributed by atoms with Crippen LogP contribution < -0.4 is 5.32 Å². The standard InChI is InChI=1S/C22H24ClF3N4O2/c1-14-5-7-16(8-6-14)12-30-20(23)17(15(2)28-30)9-10-19(31)29-11-3-4-18(29)21(32)27-13-22(24,25)26/h5-10,18H,3-4,11-13H2,1-2H3,(H,27,32). The van der Waals surface area contributed by atoms with E-state index in [1.165, 1.54) is 17.1 Å². The molecule has 1 N–H and O–H groups in total. The SMILES string of the molecule is Cc1ccc(Cn2nc(C)c(C=CC(=O)N3CCCC3C(=O)NCC(F)(F)F)c2Cl)cc1. The zero-order valence-electron chi connectivity index (χ0n) is 17.7. The molecule has 0 aliphatic carbocycles. The van der Waals surface area contributed by atoms with Crippen LogP contribution in [0.4, 0.5) is 13.2 Å². The van der Waals surface area contributed by atoms with Gasteiger partial charge in [0.1, 0.15) is 17.7 Å². The van der Waals surface area contributed by atoms with Gasteiger partial charge in [0, 0.05) is 18.2 Å². The van der Waals surface area contributed by atoms with E-state index in [0.29, 0.717) is 42.3 Å². The number of likely N-dealkylation sites (tertiary alicyclic amines) is 1. The number of benzene rings is 1. The molecule has 32 heavy (non-hydrogen) atoms. The Morgan fingerprint density at radius 1 is 1.25 bits per heavy atom. The summed E-state index contributed by atoms with van der Waals surface area (Å²) in [5.41, 5.74) is 3.37. The number of aromatic nitrogens is 2. The van der Waals surface area contributed by atoms with E-state index in [4.69, 9.17) is 11.6 Å². The largest absolute Gasteiger partial charge is 0.405 e. The molecule has 172 valence electrons. The number of alkyl halides is 3. The van der Waals surface area contributed by atoms with Gasteiger partial charge in [-0.25, -0.2) is 4.68 Å². The minimum Gasteiger partial charge on any atom is -0.345 e. The van der Waals surface area contributed by atoms with E-state index < -0.39 is 30.6 Å². The van der Waals surface area contributed by atoms with Crippen molar-refractivity contribution < 1.29 is 22.8 Å². The van der Waals surface area contributed by atoms with Crippen LogP contribution in [0.1, 0.15) is 35.2 Å². The zero-order valence-corrected chi connectivity index (χ0v) is 18.5. The van der Waals surface area contributed by atoms with Gasteiger partial charge in [-0.1, -0.05) is 41.4 Å². The van der Waals surface area contributed by atoms with Gasteiger partial charge in [-0.3, -0.25) is 9.59 Å². The van der Waals surface area contributed by atoms with E-state index in [0.717, 1.165) is 11.1 Å². The molecule has 0 radical (unpaired) electrons. The molecule has 1 fully saturated rings. The fraction of sp³-hybridized carbons (Fsp3) is 0.409. The molecule has 0 spiro atoms. The molecule has 10 heteroatoms. The van der Waals surface area contributed by atoms with Crippen LogP contribution in [0.3, 0.4) is 0 Å². The van der Waals surface area contributed by atoms with E-state index in [1.807, 2.05) is 36.5 Å². The smallest absolute Gasteiger partial charge is 0.345 e. The van der Waals surface area contributed by atoms with Gasteiger partial charge in [0.05, 0.1) is 12.2 Å². The Bertz CT molecular complexity index is 1020. The third-order valence-electron chi connectivity index (χ3n) is 5.26. The van der Waals surface area contributed by atoms with Crippen molar-refractivity contribution in [3.05, 3.63) is 57.9 Å². The van der Waals surface area contributed by atoms with Gasteiger partial charge in [0.2, 0.25) is 11.8 Å². The van der Waals surface area contributed by atoms with E-state index in [-0.39, 0.29) is 0 Å². The van der Waals surface area contributed by atoms with Crippen LogP contribution in [0.15, 0.2) is 30.3 Å². The van der Waals surface area contributed by atoms with E-state index in [1.54, 1.807) is 11.6 Å². The van der Waals surface area contributed by atoms with Crippen LogP contribution >= 0.6 is 11.6 Å². The molecule has 1 aromatic carbocycles. The van der Waals surface area contributed by atoms with Gasteiger partial charge in [-0.15, -0.1) is 0 Å². The summed E-state index contributed by atoms with van der Waals surface area (Å²) < 4.78 is 38.8. The average Bonchev–Trinajstić information content (AvgIpc) is 3.31. The lowest BCUT2D eigenvalue weighted by molar-refractivity contribution is -0.143. The number of halogens is 4. The maximum atomic E-state index is 12.7. The molecule has 3 rings (SSSR count). The van der Waals surface area contributed by atoms with Crippen molar-refractivity contribution in [1.82, 2.24) is 20.0 Å². The Balaban J connectivity index is 1.68. The average molecular weight is 469 g/mol. The summed E-state index contributed by atoms with van der Waals surface area (Å²) in [4.78, 5) is 26.1. The Kier molecular flexibility index (Phi) is 7.28. The molecule has 2 amide bonds. The molecule has 6 nitrogen and oxygen atoms in total. The van der Waals surface area contributed by atoms with Crippen LogP contribution in [0.2, 0.25) is 5.15 Å². The van der Waals surface area contributed by atoms with E-state index >= 15 is 0 Å². The number of nitrogens with one attached hydrogen (secondary N) is 1. The van der Waals surface area contributed by atoms with Gasteiger partial charge in [0.15, 0.2) is 0 Å². The highest BCUT2D eigenvalue weighted by Crippen LogP contribution is 2.24. The Hall–Kier alpha value is -2.81. The van der Waals surface area contributed by atoms with Crippen molar-refractivity contribution in [3.63, 3.8) is 0 Å². The summed E-state index contributed by atoms with van der Waals surface area (Å²) in [5, 5.41) is 6.66. The lowest BCUT2D eigenvalue weighted by Crippen LogP contribution is -2.47. The third kappa shape index (κ3) is 5.91. The molecule has 1 saturated heterocycles. The number of hydrogen-bond acceptors (Lipinski definition) is 3. The molecule has 1 aromatic heterocycles. The second kappa shape index (κ2) is 9.77. The molecular weight excluding hydrogens is 445 g/mol. The van der Waals surface area contributed by atoms with Crippen LogP contribution in [-0.4, -0.2) is 51.8 Å². The Morgan fingerprint density at radius 3 is 2.59 bits per heavy atom. The predicted octanol–water partition coefficient (Wildman–Crippen LogP) is 3.88. The summed E-state index contributed by atoms with van der Waals surface area (Å²) in [6, 6.07) is 7.04. The minimum absolute atomic E-state index is 0.298. The summed E-state index contributed by atoms with van der Waals surface area (Å²) >= 11 is 6.47. The molecule has 1 aliphatic heterocycles. The summed E-state index contributed by atoms with van der Waals surface area (Å²) in [6.07, 6.45) is -0.839. The molecule has 1 aliphatic rings. The number of rotatable bonds is 6. The zero-order chi connectivity index (χ0) is 23.5. The predicted molar refractivity (Wildman–Crippen MR) is 115 cm³/mol. The number of nitrogens with zero attached hydrogens (tertiary/aromatic N) is 3. The molecular formula is C22H24ClF3N4O2. The van der Waals surface area contributed by atoms with E-state index in [9.17, 15) is 22.8 Å². The van der Waals surface area contributed by atoms with Crippen LogP contribution in [0, 0.1) is 13.8 Å². The van der Waals surface area contributed by atoms with Crippen LogP contribution in [-0.2, 0) is 16.1 Å². The maximum absolute atomic E-state index is 12.7. The molecule has 2 aromatic rings. The Morgan fingerprint density at radius 2 is 1.94 bits per heavy atom. The molecule has 0 bridgehead atoms. The third-order valence-corrected chi connectivity index (χ3v) is 5.66. The first-order valence-corrected chi connectivity index (χ1v) is 10.5. The second-order valence-electron chi connectivity index (χ2n) is 7.79. The Labute approximate surface area is 189 Å². The molecule has 0 saturated carbocycles. The first kappa shape index (κ1) is 23.8. The normalized spacial score (nSPS) is 16.7. The number of carbonyl (C=O) groups excluding carboxylic acids is 2. The van der Waals surface area contributed by atoms with Crippen molar-refractivity contribution in [1.29, 1.82) is 0 Å². The first-order chi connectivity index (χ1) is 15.0. The highest BCUT2D eigenvalue weighted by atomic mass is 35.5. The molecule has 2 heterocycles. The fourth-order valence-corrected chi connectivity index (χ4v) is 3.88.